The van der Waals surface area contributed by atoms with Crippen molar-refractivity contribution in [2.24, 2.45) is 0 Å². The van der Waals surface area contributed by atoms with E-state index in [-0.39, 0.29) is 0 Å². The summed E-state index contributed by atoms with van der Waals surface area (Å²) < 4.78 is 1.91. The lowest BCUT2D eigenvalue weighted by molar-refractivity contribution is 0.938. The second-order valence-corrected chi connectivity index (χ2v) is 4.91. The van der Waals surface area contributed by atoms with Crippen molar-refractivity contribution in [2.45, 2.75) is 13.8 Å². The van der Waals surface area contributed by atoms with Crippen LogP contribution in [0.3, 0.4) is 0 Å². The van der Waals surface area contributed by atoms with Crippen molar-refractivity contribution in [3.05, 3.63) is 59.3 Å². The third kappa shape index (κ3) is 2.30. The Bertz CT molecular complexity index is 750. The fraction of sp³-hybridized carbons (Fsp3) is 0.133. The van der Waals surface area contributed by atoms with Crippen molar-refractivity contribution in [2.75, 3.05) is 0 Å². The molecule has 0 saturated heterocycles. The smallest absolute Gasteiger partial charge is 0.163 e. The molecule has 0 aliphatic heterocycles. The molecule has 0 atom stereocenters. The lowest BCUT2D eigenvalue weighted by atomic mass is 10.2. The van der Waals surface area contributed by atoms with Gasteiger partial charge in [0.15, 0.2) is 5.82 Å². The van der Waals surface area contributed by atoms with E-state index in [4.69, 9.17) is 11.6 Å². The van der Waals surface area contributed by atoms with Gasteiger partial charge >= 0.3 is 0 Å². The Morgan fingerprint density at radius 2 is 1.80 bits per heavy atom. The van der Waals surface area contributed by atoms with Crippen LogP contribution in [0.1, 0.15) is 11.4 Å². The molecule has 0 radical (unpaired) electrons. The molecule has 0 amide bonds. The van der Waals surface area contributed by atoms with Gasteiger partial charge < -0.3 is 0 Å². The number of imidazole rings is 1. The van der Waals surface area contributed by atoms with Gasteiger partial charge in [-0.3, -0.25) is 4.57 Å². The quantitative estimate of drug-likeness (QED) is 0.675. The summed E-state index contributed by atoms with van der Waals surface area (Å²) in [5, 5.41) is 0.416. The average molecular weight is 285 g/mol. The van der Waals surface area contributed by atoms with Gasteiger partial charge in [0, 0.05) is 17.3 Å². The zero-order chi connectivity index (χ0) is 14.1. The number of rotatable bonds is 2. The van der Waals surface area contributed by atoms with E-state index in [1.54, 1.807) is 12.4 Å². The third-order valence-electron chi connectivity index (χ3n) is 3.21. The molecule has 5 heteroatoms. The molecule has 4 nitrogen and oxygen atoms in total. The highest BCUT2D eigenvalue weighted by molar-refractivity contribution is 6.29. The summed E-state index contributed by atoms with van der Waals surface area (Å²) in [5.41, 5.74) is 2.95. The molecule has 0 bridgehead atoms. The van der Waals surface area contributed by atoms with Gasteiger partial charge in [0.05, 0.1) is 5.69 Å². The second kappa shape index (κ2) is 5.06. The Morgan fingerprint density at radius 1 is 1.05 bits per heavy atom. The molecule has 1 aromatic carbocycles. The molecule has 20 heavy (non-hydrogen) atoms. The Labute approximate surface area is 122 Å². The van der Waals surface area contributed by atoms with Crippen molar-refractivity contribution in [1.29, 1.82) is 0 Å². The largest absolute Gasteiger partial charge is 0.287 e. The molecule has 100 valence electrons. The molecule has 0 unspecified atom stereocenters. The number of benzene rings is 1. The van der Waals surface area contributed by atoms with Crippen LogP contribution in [0.25, 0.3) is 17.2 Å². The zero-order valence-electron chi connectivity index (χ0n) is 11.2. The topological polar surface area (TPSA) is 43.6 Å². The van der Waals surface area contributed by atoms with Crippen LogP contribution in [0.5, 0.6) is 0 Å². The maximum absolute atomic E-state index is 6.12. The minimum Gasteiger partial charge on any atom is -0.287 e. The minimum atomic E-state index is 0.416. The van der Waals surface area contributed by atoms with Gasteiger partial charge in [-0.2, -0.15) is 0 Å². The maximum atomic E-state index is 6.12. The van der Waals surface area contributed by atoms with Crippen LogP contribution in [-0.2, 0) is 0 Å². The van der Waals surface area contributed by atoms with Gasteiger partial charge in [0.1, 0.15) is 17.3 Å². The second-order valence-electron chi connectivity index (χ2n) is 4.52. The number of halogens is 1. The van der Waals surface area contributed by atoms with E-state index >= 15 is 0 Å². The Morgan fingerprint density at radius 3 is 2.45 bits per heavy atom. The first kappa shape index (κ1) is 12.8. The highest BCUT2D eigenvalue weighted by Crippen LogP contribution is 2.21. The summed E-state index contributed by atoms with van der Waals surface area (Å²) >= 11 is 6.12. The number of aromatic nitrogens is 4. The van der Waals surface area contributed by atoms with Gasteiger partial charge in [-0.05, 0) is 13.8 Å². The summed E-state index contributed by atoms with van der Waals surface area (Å²) in [6.07, 6.45) is 1.75. The summed E-state index contributed by atoms with van der Waals surface area (Å²) in [7, 11) is 0. The predicted molar refractivity (Wildman–Crippen MR) is 79.1 cm³/mol. The average Bonchev–Trinajstić information content (AvgIpc) is 2.79. The van der Waals surface area contributed by atoms with Crippen LogP contribution < -0.4 is 0 Å². The van der Waals surface area contributed by atoms with Gasteiger partial charge in [-0.25, -0.2) is 15.0 Å². The lowest BCUT2D eigenvalue weighted by Crippen LogP contribution is -2.01. The SMILES string of the molecule is Cc1ncn(-c2cc(Cl)nc(-c3ccccc3)n2)c1C. The number of nitrogens with zero attached hydrogens (tertiary/aromatic N) is 4. The van der Waals surface area contributed by atoms with E-state index in [0.29, 0.717) is 11.0 Å². The monoisotopic (exact) mass is 284 g/mol. The molecule has 3 aromatic rings. The van der Waals surface area contributed by atoms with Crippen LogP contribution in [0, 0.1) is 13.8 Å². The molecule has 0 aliphatic rings. The molecule has 2 aromatic heterocycles. The van der Waals surface area contributed by atoms with E-state index in [9.17, 15) is 0 Å². The number of hydrogen-bond acceptors (Lipinski definition) is 3. The van der Waals surface area contributed by atoms with E-state index < -0.39 is 0 Å². The molecule has 0 N–H and O–H groups in total. The molecular weight excluding hydrogens is 272 g/mol. The van der Waals surface area contributed by atoms with Crippen LogP contribution in [-0.4, -0.2) is 19.5 Å². The molecule has 3 rings (SSSR count). The Hall–Kier alpha value is -2.20. The van der Waals surface area contributed by atoms with E-state index in [2.05, 4.69) is 15.0 Å². The Balaban J connectivity index is 2.15. The third-order valence-corrected chi connectivity index (χ3v) is 3.41. The summed E-state index contributed by atoms with van der Waals surface area (Å²) in [6.45, 7) is 3.97. The molecule has 0 spiro atoms. The van der Waals surface area contributed by atoms with Crippen molar-refractivity contribution in [3.8, 4) is 17.2 Å². The highest BCUT2D eigenvalue weighted by Gasteiger charge is 2.10. The van der Waals surface area contributed by atoms with Crippen molar-refractivity contribution in [1.82, 2.24) is 19.5 Å². The normalized spacial score (nSPS) is 10.8. The number of hydrogen-bond donors (Lipinski definition) is 0. The maximum Gasteiger partial charge on any atom is 0.163 e. The number of aryl methyl sites for hydroxylation is 1. The van der Waals surface area contributed by atoms with E-state index in [0.717, 1.165) is 22.8 Å². The fourth-order valence-electron chi connectivity index (χ4n) is 1.98. The standard InChI is InChI=1S/C15H13ClN4/c1-10-11(2)20(9-17-10)14-8-13(16)18-15(19-14)12-6-4-3-5-7-12/h3-9H,1-2H3. The predicted octanol–water partition coefficient (Wildman–Crippen LogP) is 3.60. The first-order chi connectivity index (χ1) is 9.65. The van der Waals surface area contributed by atoms with Gasteiger partial charge in [0.2, 0.25) is 0 Å². The molecule has 0 saturated carbocycles. The Kier molecular flexibility index (Phi) is 3.24. The first-order valence-electron chi connectivity index (χ1n) is 6.26. The zero-order valence-corrected chi connectivity index (χ0v) is 12.0. The molecule has 0 fully saturated rings. The first-order valence-corrected chi connectivity index (χ1v) is 6.64. The van der Waals surface area contributed by atoms with Gasteiger partial charge in [0.25, 0.3) is 0 Å². The molecule has 2 heterocycles. The molecule has 0 aliphatic carbocycles. The van der Waals surface area contributed by atoms with Crippen molar-refractivity contribution in [3.63, 3.8) is 0 Å². The van der Waals surface area contributed by atoms with Crippen LogP contribution in [0.4, 0.5) is 0 Å². The summed E-state index contributed by atoms with van der Waals surface area (Å²) in [6, 6.07) is 11.5. The minimum absolute atomic E-state index is 0.416. The van der Waals surface area contributed by atoms with Crippen molar-refractivity contribution < 1.29 is 0 Å². The molecular formula is C15H13ClN4. The fourth-order valence-corrected chi connectivity index (χ4v) is 2.15. The van der Waals surface area contributed by atoms with Gasteiger partial charge in [-0.15, -0.1) is 0 Å². The summed E-state index contributed by atoms with van der Waals surface area (Å²) in [5.74, 6) is 1.33. The highest BCUT2D eigenvalue weighted by atomic mass is 35.5. The van der Waals surface area contributed by atoms with Crippen molar-refractivity contribution >= 4 is 11.6 Å². The van der Waals surface area contributed by atoms with Crippen LogP contribution >= 0.6 is 11.6 Å². The van der Waals surface area contributed by atoms with E-state index in [1.807, 2.05) is 48.7 Å². The van der Waals surface area contributed by atoms with Gasteiger partial charge in [-0.1, -0.05) is 41.9 Å². The van der Waals surface area contributed by atoms with Crippen LogP contribution in [0.2, 0.25) is 5.15 Å². The van der Waals surface area contributed by atoms with E-state index in [1.165, 1.54) is 0 Å². The van der Waals surface area contributed by atoms with Crippen LogP contribution in [0.15, 0.2) is 42.7 Å². The summed E-state index contributed by atoms with van der Waals surface area (Å²) in [4.78, 5) is 13.1. The lowest BCUT2D eigenvalue weighted by Gasteiger charge is -2.07.